The highest BCUT2D eigenvalue weighted by molar-refractivity contribution is 5.94. The van der Waals surface area contributed by atoms with E-state index in [4.69, 9.17) is 10.5 Å². The van der Waals surface area contributed by atoms with Crippen LogP contribution in [0, 0.1) is 0 Å². The summed E-state index contributed by atoms with van der Waals surface area (Å²) in [6.07, 6.45) is 1.25. The molecule has 1 aromatic heterocycles. The molecule has 3 N–H and O–H groups in total. The number of ether oxygens (including phenoxy) is 1. The lowest BCUT2D eigenvalue weighted by molar-refractivity contribution is 0.0527. The Labute approximate surface area is 74.5 Å². The molecule has 0 amide bonds. The van der Waals surface area contributed by atoms with Crippen molar-refractivity contribution in [2.75, 3.05) is 12.3 Å². The second-order valence-electron chi connectivity index (χ2n) is 2.39. The number of pyridine rings is 1. The molecular weight excluding hydrogens is 172 g/mol. The topological polar surface area (TPSA) is 85.2 Å². The molecule has 0 radical (unpaired) electrons. The van der Waals surface area contributed by atoms with Gasteiger partial charge in [0.25, 0.3) is 0 Å². The number of esters is 1. The van der Waals surface area contributed by atoms with Crippen LogP contribution in [0.2, 0.25) is 0 Å². The SMILES string of the molecule is CCOC(=O)c1c[nH]c(=O)cc1N. The lowest BCUT2D eigenvalue weighted by atomic mass is 10.2. The average Bonchev–Trinajstić information content (AvgIpc) is 2.04. The van der Waals surface area contributed by atoms with E-state index in [0.29, 0.717) is 0 Å². The number of aromatic nitrogens is 1. The highest BCUT2D eigenvalue weighted by atomic mass is 16.5. The second kappa shape index (κ2) is 3.75. The van der Waals surface area contributed by atoms with E-state index in [1.54, 1.807) is 6.92 Å². The summed E-state index contributed by atoms with van der Waals surface area (Å²) in [4.78, 5) is 24.2. The zero-order valence-electron chi connectivity index (χ0n) is 7.16. The molecule has 0 aliphatic carbocycles. The van der Waals surface area contributed by atoms with Gasteiger partial charge in [0.2, 0.25) is 5.56 Å². The largest absolute Gasteiger partial charge is 0.462 e. The number of anilines is 1. The van der Waals surface area contributed by atoms with E-state index in [-0.39, 0.29) is 23.4 Å². The summed E-state index contributed by atoms with van der Waals surface area (Å²) in [6.45, 7) is 1.97. The van der Waals surface area contributed by atoms with Crippen molar-refractivity contribution < 1.29 is 9.53 Å². The van der Waals surface area contributed by atoms with Gasteiger partial charge in [-0.2, -0.15) is 0 Å². The summed E-state index contributed by atoms with van der Waals surface area (Å²) in [5.74, 6) is -0.531. The molecular formula is C8H10N2O3. The number of nitrogens with two attached hydrogens (primary N) is 1. The monoisotopic (exact) mass is 182 g/mol. The first-order valence-electron chi connectivity index (χ1n) is 3.80. The maximum atomic E-state index is 11.2. The molecule has 1 rings (SSSR count). The second-order valence-corrected chi connectivity index (χ2v) is 2.39. The fraction of sp³-hybridized carbons (Fsp3) is 0.250. The van der Waals surface area contributed by atoms with Gasteiger partial charge < -0.3 is 15.5 Å². The van der Waals surface area contributed by atoms with Crippen LogP contribution in [-0.4, -0.2) is 17.6 Å². The van der Waals surface area contributed by atoms with Gasteiger partial charge in [0.05, 0.1) is 17.9 Å². The molecule has 0 spiro atoms. The Morgan fingerprint density at radius 1 is 1.69 bits per heavy atom. The minimum absolute atomic E-state index is 0.127. The molecule has 0 aliphatic heterocycles. The average molecular weight is 182 g/mol. The Morgan fingerprint density at radius 2 is 2.38 bits per heavy atom. The van der Waals surface area contributed by atoms with Crippen molar-refractivity contribution in [1.82, 2.24) is 4.98 Å². The van der Waals surface area contributed by atoms with E-state index in [2.05, 4.69) is 4.98 Å². The van der Waals surface area contributed by atoms with Gasteiger partial charge in [-0.3, -0.25) is 4.79 Å². The van der Waals surface area contributed by atoms with Crippen molar-refractivity contribution >= 4 is 11.7 Å². The summed E-state index contributed by atoms with van der Waals surface area (Å²) in [5.41, 5.74) is 5.40. The zero-order chi connectivity index (χ0) is 9.84. The summed E-state index contributed by atoms with van der Waals surface area (Å²) < 4.78 is 4.71. The fourth-order valence-electron chi connectivity index (χ4n) is 0.873. The molecule has 70 valence electrons. The van der Waals surface area contributed by atoms with Gasteiger partial charge in [-0.25, -0.2) is 4.79 Å². The van der Waals surface area contributed by atoms with Crippen molar-refractivity contribution in [2.24, 2.45) is 0 Å². The first-order valence-corrected chi connectivity index (χ1v) is 3.80. The molecule has 13 heavy (non-hydrogen) atoms. The Balaban J connectivity index is 3.02. The van der Waals surface area contributed by atoms with Crippen LogP contribution in [0.4, 0.5) is 5.69 Å². The highest BCUT2D eigenvalue weighted by Crippen LogP contribution is 2.07. The normalized spacial score (nSPS) is 9.62. The van der Waals surface area contributed by atoms with Gasteiger partial charge in [0.1, 0.15) is 0 Å². The van der Waals surface area contributed by atoms with Crippen molar-refractivity contribution in [3.8, 4) is 0 Å². The van der Waals surface area contributed by atoms with E-state index in [0.717, 1.165) is 6.07 Å². The van der Waals surface area contributed by atoms with Crippen LogP contribution in [0.25, 0.3) is 0 Å². The summed E-state index contributed by atoms with van der Waals surface area (Å²) in [7, 11) is 0. The van der Waals surface area contributed by atoms with E-state index in [1.807, 2.05) is 0 Å². The molecule has 5 nitrogen and oxygen atoms in total. The number of H-pyrrole nitrogens is 1. The molecule has 0 unspecified atom stereocenters. The van der Waals surface area contributed by atoms with Crippen molar-refractivity contribution in [1.29, 1.82) is 0 Å². The number of aromatic amines is 1. The third-order valence-electron chi connectivity index (χ3n) is 1.45. The van der Waals surface area contributed by atoms with E-state index in [9.17, 15) is 9.59 Å². The molecule has 0 aromatic carbocycles. The number of nitrogen functional groups attached to an aromatic ring is 1. The van der Waals surface area contributed by atoms with Crippen LogP contribution in [0.1, 0.15) is 17.3 Å². The summed E-state index contributed by atoms with van der Waals surface area (Å²) in [6, 6.07) is 1.15. The van der Waals surface area contributed by atoms with Crippen LogP contribution < -0.4 is 11.3 Å². The third-order valence-corrected chi connectivity index (χ3v) is 1.45. The van der Waals surface area contributed by atoms with E-state index >= 15 is 0 Å². The van der Waals surface area contributed by atoms with Gasteiger partial charge in [-0.05, 0) is 6.92 Å². The molecule has 0 bridgehead atoms. The standard InChI is InChI=1S/C8H10N2O3/c1-2-13-8(12)5-4-10-7(11)3-6(5)9/h3-4H,2H2,1H3,(H3,9,10,11). The first kappa shape index (κ1) is 9.31. The highest BCUT2D eigenvalue weighted by Gasteiger charge is 2.10. The van der Waals surface area contributed by atoms with Gasteiger partial charge in [-0.1, -0.05) is 0 Å². The Morgan fingerprint density at radius 3 is 2.92 bits per heavy atom. The van der Waals surface area contributed by atoms with Gasteiger partial charge in [-0.15, -0.1) is 0 Å². The van der Waals surface area contributed by atoms with Crippen LogP contribution in [0.5, 0.6) is 0 Å². The number of carbonyl (C=O) groups is 1. The molecule has 0 saturated carbocycles. The lowest BCUT2D eigenvalue weighted by Gasteiger charge is -2.03. The quantitative estimate of drug-likeness (QED) is 0.637. The summed E-state index contributed by atoms with van der Waals surface area (Å²) >= 11 is 0. The van der Waals surface area contributed by atoms with Crippen LogP contribution in [-0.2, 0) is 4.74 Å². The Bertz CT molecular complexity index is 370. The van der Waals surface area contributed by atoms with Crippen LogP contribution in [0.3, 0.4) is 0 Å². The number of rotatable bonds is 2. The molecule has 0 atom stereocenters. The lowest BCUT2D eigenvalue weighted by Crippen LogP contribution is -2.13. The molecule has 0 fully saturated rings. The number of hydrogen-bond acceptors (Lipinski definition) is 4. The van der Waals surface area contributed by atoms with Crippen molar-refractivity contribution in [2.45, 2.75) is 6.92 Å². The maximum absolute atomic E-state index is 11.2. The van der Waals surface area contributed by atoms with Crippen LogP contribution in [0.15, 0.2) is 17.1 Å². The van der Waals surface area contributed by atoms with E-state index < -0.39 is 5.97 Å². The van der Waals surface area contributed by atoms with Crippen molar-refractivity contribution in [3.63, 3.8) is 0 Å². The Kier molecular flexibility index (Phi) is 2.69. The molecule has 1 aromatic rings. The molecule has 5 heteroatoms. The Hall–Kier alpha value is -1.78. The fourth-order valence-corrected chi connectivity index (χ4v) is 0.873. The molecule has 0 saturated heterocycles. The van der Waals surface area contributed by atoms with Gasteiger partial charge >= 0.3 is 5.97 Å². The summed E-state index contributed by atoms with van der Waals surface area (Å²) in [5, 5.41) is 0. The minimum Gasteiger partial charge on any atom is -0.462 e. The number of nitrogens with one attached hydrogen (secondary N) is 1. The van der Waals surface area contributed by atoms with Gasteiger partial charge in [0.15, 0.2) is 0 Å². The van der Waals surface area contributed by atoms with Crippen LogP contribution >= 0.6 is 0 Å². The minimum atomic E-state index is -0.531. The van der Waals surface area contributed by atoms with Crippen molar-refractivity contribution in [3.05, 3.63) is 28.2 Å². The number of hydrogen-bond donors (Lipinski definition) is 2. The predicted molar refractivity (Wildman–Crippen MR) is 47.4 cm³/mol. The van der Waals surface area contributed by atoms with E-state index in [1.165, 1.54) is 6.20 Å². The predicted octanol–water partition coefficient (Wildman–Crippen LogP) is 0.134. The zero-order valence-corrected chi connectivity index (χ0v) is 7.16. The molecule has 1 heterocycles. The third kappa shape index (κ3) is 2.08. The smallest absolute Gasteiger partial charge is 0.341 e. The first-order chi connectivity index (χ1) is 6.15. The maximum Gasteiger partial charge on any atom is 0.341 e. The van der Waals surface area contributed by atoms with Gasteiger partial charge in [0, 0.05) is 12.3 Å². The number of carbonyl (C=O) groups excluding carboxylic acids is 1. The molecule has 0 aliphatic rings.